The van der Waals surface area contributed by atoms with Gasteiger partial charge in [0.05, 0.1) is 5.57 Å². The van der Waals surface area contributed by atoms with Crippen LogP contribution in [-0.2, 0) is 0 Å². The molecule has 0 bridgehead atoms. The van der Waals surface area contributed by atoms with E-state index >= 15 is 0 Å². The summed E-state index contributed by atoms with van der Waals surface area (Å²) in [4.78, 5) is 17.1. The quantitative estimate of drug-likeness (QED) is 0.742. The van der Waals surface area contributed by atoms with Gasteiger partial charge in [-0.05, 0) is 57.0 Å². The van der Waals surface area contributed by atoms with Crippen molar-refractivity contribution >= 4 is 5.91 Å². The average Bonchev–Trinajstić information content (AvgIpc) is 2.72. The number of piperazine rings is 1. The second kappa shape index (κ2) is 9.17. The van der Waals surface area contributed by atoms with Gasteiger partial charge in [-0.15, -0.1) is 0 Å². The molecule has 0 spiro atoms. The van der Waals surface area contributed by atoms with Crippen LogP contribution >= 0.6 is 0 Å². The van der Waals surface area contributed by atoms with Crippen molar-refractivity contribution < 1.29 is 18.0 Å². The summed E-state index contributed by atoms with van der Waals surface area (Å²) in [5.41, 5.74) is 0.838. The van der Waals surface area contributed by atoms with Crippen LogP contribution in [0.15, 0.2) is 41.6 Å². The minimum atomic E-state index is -4.54. The predicted molar refractivity (Wildman–Crippen MR) is 117 cm³/mol. The summed E-state index contributed by atoms with van der Waals surface area (Å²) in [5.74, 6) is -0.521. The van der Waals surface area contributed by atoms with Gasteiger partial charge in [0.25, 0.3) is 5.91 Å². The largest absolute Gasteiger partial charge is 0.418 e. The standard InChI is InChI=1S/C24H32F3N3O/c1-5-23(16-30-12-10-29(4)11-13-30)9-8-21(20(15-23)24(25,26)27)28-22(31)19-7-6-17(2)18(3)14-19/h6-8,14-15H,5,9-13,16H2,1-4H3,(H,28,31). The van der Waals surface area contributed by atoms with Crippen LogP contribution < -0.4 is 5.32 Å². The zero-order valence-electron chi connectivity index (χ0n) is 18.8. The van der Waals surface area contributed by atoms with E-state index < -0.39 is 23.1 Å². The summed E-state index contributed by atoms with van der Waals surface area (Å²) in [7, 11) is 2.06. The van der Waals surface area contributed by atoms with Gasteiger partial charge < -0.3 is 10.2 Å². The summed E-state index contributed by atoms with van der Waals surface area (Å²) in [6.07, 6.45) is -0.542. The molecule has 1 saturated heterocycles. The molecule has 2 aliphatic rings. The van der Waals surface area contributed by atoms with E-state index in [9.17, 15) is 18.0 Å². The fourth-order valence-electron chi connectivity index (χ4n) is 4.21. The fraction of sp³-hybridized carbons (Fsp3) is 0.542. The lowest BCUT2D eigenvalue weighted by Gasteiger charge is -2.41. The number of allylic oxidation sites excluding steroid dienone is 2. The lowest BCUT2D eigenvalue weighted by molar-refractivity contribution is -0.0913. The predicted octanol–water partition coefficient (Wildman–Crippen LogP) is 4.45. The molecule has 1 amide bonds. The molecule has 0 aromatic heterocycles. The highest BCUT2D eigenvalue weighted by Crippen LogP contribution is 2.42. The molecule has 0 radical (unpaired) electrons. The first-order chi connectivity index (χ1) is 14.5. The molecule has 1 aliphatic carbocycles. The van der Waals surface area contributed by atoms with Crippen molar-refractivity contribution in [2.24, 2.45) is 5.41 Å². The molecule has 1 aliphatic heterocycles. The van der Waals surface area contributed by atoms with Crippen molar-refractivity contribution in [3.63, 3.8) is 0 Å². The van der Waals surface area contributed by atoms with E-state index in [2.05, 4.69) is 22.2 Å². The van der Waals surface area contributed by atoms with Crippen LogP contribution in [0.2, 0.25) is 0 Å². The number of nitrogens with one attached hydrogen (secondary N) is 1. The van der Waals surface area contributed by atoms with Crippen molar-refractivity contribution in [2.75, 3.05) is 39.8 Å². The van der Waals surface area contributed by atoms with E-state index in [0.717, 1.165) is 37.3 Å². The van der Waals surface area contributed by atoms with Gasteiger partial charge in [0.1, 0.15) is 0 Å². The van der Waals surface area contributed by atoms with Gasteiger partial charge in [-0.1, -0.05) is 25.1 Å². The van der Waals surface area contributed by atoms with E-state index in [-0.39, 0.29) is 5.70 Å². The number of carbonyl (C=O) groups excluding carboxylic acids is 1. The van der Waals surface area contributed by atoms with Gasteiger partial charge in [0.2, 0.25) is 0 Å². The Morgan fingerprint density at radius 1 is 1.13 bits per heavy atom. The average molecular weight is 436 g/mol. The Hall–Kier alpha value is -2.12. The molecular weight excluding hydrogens is 403 g/mol. The first-order valence-electron chi connectivity index (χ1n) is 10.8. The second-order valence-electron chi connectivity index (χ2n) is 8.93. The highest BCUT2D eigenvalue weighted by molar-refractivity contribution is 5.96. The third-order valence-electron chi connectivity index (χ3n) is 6.61. The monoisotopic (exact) mass is 435 g/mol. The Kier molecular flexibility index (Phi) is 6.96. The zero-order valence-corrected chi connectivity index (χ0v) is 18.8. The molecule has 1 N–H and O–H groups in total. The molecule has 31 heavy (non-hydrogen) atoms. The third kappa shape index (κ3) is 5.57. The maximum atomic E-state index is 14.0. The van der Waals surface area contributed by atoms with Gasteiger partial charge in [-0.3, -0.25) is 9.69 Å². The van der Waals surface area contributed by atoms with Crippen LogP contribution in [0, 0.1) is 19.3 Å². The van der Waals surface area contributed by atoms with Crippen molar-refractivity contribution in [2.45, 2.75) is 39.8 Å². The van der Waals surface area contributed by atoms with Crippen molar-refractivity contribution in [1.29, 1.82) is 0 Å². The summed E-state index contributed by atoms with van der Waals surface area (Å²) >= 11 is 0. The first kappa shape index (κ1) is 23.5. The number of hydrogen-bond acceptors (Lipinski definition) is 3. The lowest BCUT2D eigenvalue weighted by atomic mass is 9.75. The SMILES string of the molecule is CCC1(CN2CCN(C)CC2)C=C(C(F)(F)F)C(NC(=O)c2ccc(C)c(C)c2)=CC1. The summed E-state index contributed by atoms with van der Waals surface area (Å²) in [6.45, 7) is 9.88. The van der Waals surface area contributed by atoms with Gasteiger partial charge in [0.15, 0.2) is 0 Å². The Bertz CT molecular complexity index is 883. The van der Waals surface area contributed by atoms with Crippen molar-refractivity contribution in [3.8, 4) is 0 Å². The molecular formula is C24H32F3N3O. The highest BCUT2D eigenvalue weighted by atomic mass is 19.4. The second-order valence-corrected chi connectivity index (χ2v) is 8.93. The molecule has 170 valence electrons. The minimum Gasteiger partial charge on any atom is -0.322 e. The number of nitrogens with zero attached hydrogens (tertiary/aromatic N) is 2. The molecule has 1 aromatic rings. The Balaban J connectivity index is 1.82. The summed E-state index contributed by atoms with van der Waals surface area (Å²) in [6, 6.07) is 5.15. The van der Waals surface area contributed by atoms with Crippen LogP contribution in [0.5, 0.6) is 0 Å². The van der Waals surface area contributed by atoms with Crippen molar-refractivity contribution in [3.05, 3.63) is 58.3 Å². The first-order valence-corrected chi connectivity index (χ1v) is 10.8. The molecule has 1 heterocycles. The molecule has 7 heteroatoms. The van der Waals surface area contributed by atoms with Crippen LogP contribution in [0.25, 0.3) is 0 Å². The number of rotatable bonds is 5. The molecule has 1 unspecified atom stereocenters. The molecule has 3 rings (SSSR count). The molecule has 1 fully saturated rings. The zero-order chi connectivity index (χ0) is 22.8. The number of likely N-dealkylation sites (N-methyl/N-ethyl adjacent to an activating group) is 1. The van der Waals surface area contributed by atoms with Gasteiger partial charge in [-0.2, -0.15) is 13.2 Å². The maximum absolute atomic E-state index is 14.0. The molecule has 1 atom stereocenters. The fourth-order valence-corrected chi connectivity index (χ4v) is 4.21. The van der Waals surface area contributed by atoms with E-state index in [1.54, 1.807) is 24.3 Å². The number of benzene rings is 1. The Morgan fingerprint density at radius 3 is 2.39 bits per heavy atom. The smallest absolute Gasteiger partial charge is 0.322 e. The van der Waals surface area contributed by atoms with Crippen LogP contribution in [0.3, 0.4) is 0 Å². The van der Waals surface area contributed by atoms with E-state index in [0.29, 0.717) is 24.9 Å². The number of alkyl halides is 3. The molecule has 4 nitrogen and oxygen atoms in total. The topological polar surface area (TPSA) is 35.6 Å². The minimum absolute atomic E-state index is 0.141. The number of hydrogen-bond donors (Lipinski definition) is 1. The van der Waals surface area contributed by atoms with Gasteiger partial charge >= 0.3 is 6.18 Å². The normalized spacial score (nSPS) is 23.3. The number of aryl methyl sites for hydroxylation is 2. The van der Waals surface area contributed by atoms with Crippen molar-refractivity contribution in [1.82, 2.24) is 15.1 Å². The van der Waals surface area contributed by atoms with Gasteiger partial charge in [-0.25, -0.2) is 0 Å². The summed E-state index contributed by atoms with van der Waals surface area (Å²) in [5, 5.41) is 2.52. The Morgan fingerprint density at radius 2 is 1.81 bits per heavy atom. The van der Waals surface area contributed by atoms with Crippen LogP contribution in [-0.4, -0.2) is 61.7 Å². The maximum Gasteiger partial charge on any atom is 0.418 e. The number of amides is 1. The number of halogens is 3. The number of carbonyl (C=O) groups is 1. The van der Waals surface area contributed by atoms with E-state index in [1.807, 2.05) is 20.8 Å². The molecule has 0 saturated carbocycles. The van der Waals surface area contributed by atoms with Crippen LogP contribution in [0.4, 0.5) is 13.2 Å². The Labute approximate surface area is 182 Å². The van der Waals surface area contributed by atoms with Crippen LogP contribution in [0.1, 0.15) is 41.3 Å². The van der Waals surface area contributed by atoms with E-state index in [4.69, 9.17) is 0 Å². The van der Waals surface area contributed by atoms with Gasteiger partial charge in [0, 0.05) is 49.4 Å². The highest BCUT2D eigenvalue weighted by Gasteiger charge is 2.42. The summed E-state index contributed by atoms with van der Waals surface area (Å²) < 4.78 is 42.0. The third-order valence-corrected chi connectivity index (χ3v) is 6.61. The lowest BCUT2D eigenvalue weighted by Crippen LogP contribution is -2.48. The van der Waals surface area contributed by atoms with E-state index in [1.165, 1.54) is 6.08 Å². The molecule has 1 aromatic carbocycles.